The van der Waals surface area contributed by atoms with Crippen LogP contribution in [-0.2, 0) is 0 Å². The maximum absolute atomic E-state index is 3.44. The summed E-state index contributed by atoms with van der Waals surface area (Å²) in [5.74, 6) is 0. The zero-order valence-electron chi connectivity index (χ0n) is 12.0. The summed E-state index contributed by atoms with van der Waals surface area (Å²) in [5, 5.41) is 7.75. The van der Waals surface area contributed by atoms with Crippen LogP contribution in [0.15, 0.2) is 78.9 Å². The molecule has 0 saturated heterocycles. The fraction of sp³-hybridized carbons (Fsp3) is 0. The third kappa shape index (κ3) is 1.52. The standard InChI is InChI=1S/C22H13/c1-2-6-15(7-3-1)20-14-18-10-4-8-16-12-13-17-9-5-11-19(20)22(17)21(16)18/h1-12,14H. The van der Waals surface area contributed by atoms with E-state index in [0.29, 0.717) is 0 Å². The summed E-state index contributed by atoms with van der Waals surface area (Å²) in [6, 6.07) is 31.5. The molecule has 0 amide bonds. The quantitative estimate of drug-likeness (QED) is 0.327. The van der Waals surface area contributed by atoms with Gasteiger partial charge in [-0.1, -0.05) is 66.7 Å². The second-order valence-corrected chi connectivity index (χ2v) is 5.75. The van der Waals surface area contributed by atoms with E-state index in [1.807, 2.05) is 0 Å². The average molecular weight is 277 g/mol. The first kappa shape index (κ1) is 11.8. The molecule has 0 bridgehead atoms. The Balaban J connectivity index is 2.07. The summed E-state index contributed by atoms with van der Waals surface area (Å²) < 4.78 is 0. The normalized spacial score (nSPS) is 11.6. The maximum atomic E-state index is 3.44. The lowest BCUT2D eigenvalue weighted by atomic mass is 9.89. The van der Waals surface area contributed by atoms with Gasteiger partial charge in [0.15, 0.2) is 0 Å². The van der Waals surface area contributed by atoms with Gasteiger partial charge in [0.25, 0.3) is 0 Å². The van der Waals surface area contributed by atoms with Crippen molar-refractivity contribution >= 4 is 32.3 Å². The van der Waals surface area contributed by atoms with E-state index in [0.717, 1.165) is 0 Å². The largest absolute Gasteiger partial charge is 0.0622 e. The molecule has 0 aliphatic heterocycles. The van der Waals surface area contributed by atoms with Gasteiger partial charge in [-0.05, 0) is 61.6 Å². The van der Waals surface area contributed by atoms with Gasteiger partial charge in [-0.25, -0.2) is 0 Å². The molecule has 5 rings (SSSR count). The van der Waals surface area contributed by atoms with Crippen LogP contribution < -0.4 is 0 Å². The third-order valence-electron chi connectivity index (χ3n) is 4.50. The number of hydrogen-bond acceptors (Lipinski definition) is 0. The molecule has 0 nitrogen and oxygen atoms in total. The lowest BCUT2D eigenvalue weighted by molar-refractivity contribution is 1.67. The predicted molar refractivity (Wildman–Crippen MR) is 94.4 cm³/mol. The van der Waals surface area contributed by atoms with Crippen molar-refractivity contribution in [1.29, 1.82) is 0 Å². The van der Waals surface area contributed by atoms with E-state index in [1.165, 1.54) is 43.4 Å². The monoisotopic (exact) mass is 277 g/mol. The van der Waals surface area contributed by atoms with Crippen LogP contribution in [0.2, 0.25) is 0 Å². The number of rotatable bonds is 1. The van der Waals surface area contributed by atoms with E-state index in [9.17, 15) is 0 Å². The van der Waals surface area contributed by atoms with Gasteiger partial charge < -0.3 is 0 Å². The van der Waals surface area contributed by atoms with Gasteiger partial charge >= 0.3 is 0 Å². The average Bonchev–Trinajstić information content (AvgIpc) is 2.60. The van der Waals surface area contributed by atoms with Crippen LogP contribution in [0.25, 0.3) is 43.4 Å². The first-order valence-corrected chi connectivity index (χ1v) is 7.55. The molecule has 0 N–H and O–H groups in total. The van der Waals surface area contributed by atoms with Gasteiger partial charge in [0.05, 0.1) is 0 Å². The molecule has 1 radical (unpaired) electrons. The first-order valence-electron chi connectivity index (χ1n) is 7.55. The molecule has 0 heterocycles. The Kier molecular flexibility index (Phi) is 2.31. The van der Waals surface area contributed by atoms with E-state index in [-0.39, 0.29) is 0 Å². The Hall–Kier alpha value is -2.86. The van der Waals surface area contributed by atoms with Crippen LogP contribution in [-0.4, -0.2) is 0 Å². The Morgan fingerprint density at radius 2 is 1.45 bits per heavy atom. The Morgan fingerprint density at radius 3 is 2.36 bits per heavy atom. The summed E-state index contributed by atoms with van der Waals surface area (Å²) in [5.41, 5.74) is 2.56. The summed E-state index contributed by atoms with van der Waals surface area (Å²) in [7, 11) is 0. The van der Waals surface area contributed by atoms with Crippen LogP contribution in [0.3, 0.4) is 0 Å². The molecule has 0 spiro atoms. The van der Waals surface area contributed by atoms with Crippen molar-refractivity contribution in [1.82, 2.24) is 0 Å². The molecule has 22 heavy (non-hydrogen) atoms. The topological polar surface area (TPSA) is 0 Å². The van der Waals surface area contributed by atoms with E-state index in [4.69, 9.17) is 0 Å². The highest BCUT2D eigenvalue weighted by Gasteiger charge is 2.12. The van der Waals surface area contributed by atoms with Gasteiger partial charge in [-0.3, -0.25) is 0 Å². The van der Waals surface area contributed by atoms with Gasteiger partial charge in [-0.2, -0.15) is 0 Å². The molecule has 5 aromatic rings. The Labute approximate surface area is 129 Å². The van der Waals surface area contributed by atoms with Crippen molar-refractivity contribution in [2.24, 2.45) is 0 Å². The van der Waals surface area contributed by atoms with Gasteiger partial charge in [-0.15, -0.1) is 0 Å². The zero-order chi connectivity index (χ0) is 14.5. The number of hydrogen-bond donors (Lipinski definition) is 0. The summed E-state index contributed by atoms with van der Waals surface area (Å²) in [6.45, 7) is 0. The minimum atomic E-state index is 1.19. The van der Waals surface area contributed by atoms with E-state index in [2.05, 4.69) is 84.9 Å². The molecule has 0 aliphatic rings. The molecular formula is C22H13. The summed E-state index contributed by atoms with van der Waals surface area (Å²) in [6.07, 6.45) is 0. The first-order chi connectivity index (χ1) is 10.9. The Morgan fingerprint density at radius 1 is 0.636 bits per heavy atom. The maximum Gasteiger partial charge on any atom is -0.00143 e. The van der Waals surface area contributed by atoms with E-state index in [1.54, 1.807) is 0 Å². The smallest absolute Gasteiger partial charge is 0.00143 e. The summed E-state index contributed by atoms with van der Waals surface area (Å²) >= 11 is 0. The molecule has 0 unspecified atom stereocenters. The van der Waals surface area contributed by atoms with Crippen molar-refractivity contribution in [2.75, 3.05) is 0 Å². The molecule has 101 valence electrons. The van der Waals surface area contributed by atoms with Crippen LogP contribution in [0.5, 0.6) is 0 Å². The Bertz CT molecular complexity index is 1100. The molecule has 0 heteroatoms. The van der Waals surface area contributed by atoms with Crippen molar-refractivity contribution in [3.63, 3.8) is 0 Å². The van der Waals surface area contributed by atoms with Crippen molar-refractivity contribution < 1.29 is 0 Å². The molecular weight excluding hydrogens is 264 g/mol. The zero-order valence-corrected chi connectivity index (χ0v) is 12.0. The highest BCUT2D eigenvalue weighted by molar-refractivity contribution is 6.26. The molecule has 0 aliphatic carbocycles. The minimum Gasteiger partial charge on any atom is -0.0622 e. The summed E-state index contributed by atoms with van der Waals surface area (Å²) in [4.78, 5) is 0. The van der Waals surface area contributed by atoms with Gasteiger partial charge in [0, 0.05) is 0 Å². The second-order valence-electron chi connectivity index (χ2n) is 5.75. The molecule has 0 aromatic heterocycles. The minimum absolute atomic E-state index is 1.19. The highest BCUT2D eigenvalue weighted by atomic mass is 14.1. The molecule has 0 saturated carbocycles. The lowest BCUT2D eigenvalue weighted by Crippen LogP contribution is -1.87. The molecule has 0 fully saturated rings. The number of benzene rings is 5. The van der Waals surface area contributed by atoms with Crippen LogP contribution in [0.1, 0.15) is 0 Å². The van der Waals surface area contributed by atoms with Crippen molar-refractivity contribution in [3.8, 4) is 11.1 Å². The fourth-order valence-electron chi connectivity index (χ4n) is 3.53. The highest BCUT2D eigenvalue weighted by Crippen LogP contribution is 2.39. The SMILES string of the molecule is [c]1cc2cccc3cc(-c4ccccc4)c4cccc1c4c23. The second kappa shape index (κ2) is 4.32. The van der Waals surface area contributed by atoms with Crippen molar-refractivity contribution in [3.05, 3.63) is 84.9 Å². The van der Waals surface area contributed by atoms with Gasteiger partial charge in [0.1, 0.15) is 0 Å². The molecule has 5 aromatic carbocycles. The lowest BCUT2D eigenvalue weighted by Gasteiger charge is -2.14. The van der Waals surface area contributed by atoms with Crippen LogP contribution in [0, 0.1) is 6.07 Å². The van der Waals surface area contributed by atoms with Crippen LogP contribution >= 0.6 is 0 Å². The van der Waals surface area contributed by atoms with Crippen molar-refractivity contribution in [2.45, 2.75) is 0 Å². The van der Waals surface area contributed by atoms with Gasteiger partial charge in [0.2, 0.25) is 0 Å². The predicted octanol–water partition coefficient (Wildman–Crippen LogP) is 6.05. The molecule has 0 atom stereocenters. The fourth-order valence-corrected chi connectivity index (χ4v) is 3.53. The van der Waals surface area contributed by atoms with E-state index < -0.39 is 0 Å². The third-order valence-corrected chi connectivity index (χ3v) is 4.50. The van der Waals surface area contributed by atoms with E-state index >= 15 is 0 Å². The van der Waals surface area contributed by atoms with Crippen LogP contribution in [0.4, 0.5) is 0 Å².